The minimum absolute atomic E-state index is 0.378. The van der Waals surface area contributed by atoms with Gasteiger partial charge < -0.3 is 18.9 Å². The van der Waals surface area contributed by atoms with Crippen molar-refractivity contribution in [3.05, 3.63) is 84.4 Å². The van der Waals surface area contributed by atoms with E-state index in [1.807, 2.05) is 78.9 Å². The Morgan fingerprint density at radius 1 is 0.588 bits per heavy atom. The lowest BCUT2D eigenvalue weighted by molar-refractivity contribution is 0.355. The molecule has 0 unspecified atom stereocenters. The van der Waals surface area contributed by atoms with Crippen LogP contribution >= 0.6 is 0 Å². The summed E-state index contributed by atoms with van der Waals surface area (Å²) in [5.41, 5.74) is 5.69. The predicted octanol–water partition coefficient (Wildman–Crippen LogP) is 6.59. The molecule has 5 heteroatoms. The van der Waals surface area contributed by atoms with Gasteiger partial charge in [0, 0.05) is 11.1 Å². The lowest BCUT2D eigenvalue weighted by Crippen LogP contribution is -2.00. The topological polar surface area (TPSA) is 60.7 Å². The molecule has 0 N–H and O–H groups in total. The molecule has 0 aliphatic rings. The van der Waals surface area contributed by atoms with Crippen molar-refractivity contribution in [3.8, 4) is 62.4 Å². The van der Waals surface area contributed by atoms with Gasteiger partial charge >= 0.3 is 0 Å². The Kier molecular flexibility index (Phi) is 6.70. The predicted molar refractivity (Wildman–Crippen MR) is 134 cm³/mol. The van der Waals surface area contributed by atoms with Crippen molar-refractivity contribution in [2.24, 2.45) is 0 Å². The lowest BCUT2D eigenvalue weighted by Gasteiger charge is -2.21. The number of rotatable bonds is 7. The van der Waals surface area contributed by atoms with Crippen LogP contribution in [0.2, 0.25) is 0 Å². The summed E-state index contributed by atoms with van der Waals surface area (Å²) in [6.45, 7) is 0. The first-order valence-corrected chi connectivity index (χ1v) is 10.7. The van der Waals surface area contributed by atoms with Crippen molar-refractivity contribution >= 4 is 0 Å². The van der Waals surface area contributed by atoms with Crippen LogP contribution in [0.5, 0.6) is 23.0 Å². The van der Waals surface area contributed by atoms with E-state index in [4.69, 9.17) is 18.9 Å². The number of methoxy groups -OCH3 is 4. The largest absolute Gasteiger partial charge is 0.497 e. The van der Waals surface area contributed by atoms with E-state index < -0.39 is 0 Å². The number of nitriles is 1. The molecule has 0 aliphatic heterocycles. The number of ether oxygens (including phenoxy) is 4. The van der Waals surface area contributed by atoms with Crippen LogP contribution in [0.4, 0.5) is 0 Å². The molecule has 0 spiro atoms. The van der Waals surface area contributed by atoms with Crippen LogP contribution in [-0.2, 0) is 0 Å². The van der Waals surface area contributed by atoms with Gasteiger partial charge in [0.2, 0.25) is 0 Å². The van der Waals surface area contributed by atoms with E-state index in [2.05, 4.69) is 6.07 Å². The third-order valence-electron chi connectivity index (χ3n) is 5.74. The maximum Gasteiger partial charge on any atom is 0.179 e. The molecule has 0 amide bonds. The summed E-state index contributed by atoms with van der Waals surface area (Å²) in [5.74, 6) is 2.34. The number of hydrogen-bond donors (Lipinski definition) is 0. The van der Waals surface area contributed by atoms with Gasteiger partial charge in [-0.05, 0) is 52.6 Å². The second kappa shape index (κ2) is 10.0. The fourth-order valence-electron chi connectivity index (χ4n) is 4.20. The lowest BCUT2D eigenvalue weighted by atomic mass is 9.87. The van der Waals surface area contributed by atoms with Crippen molar-refractivity contribution in [2.45, 2.75) is 0 Å². The SMILES string of the molecule is COc1ccc(-c2ccccc2OC)c(-c2cc(C#N)c(OC)c(OC)c2-c2ccccc2)c1. The molecule has 4 aromatic rings. The number of para-hydroxylation sites is 1. The van der Waals surface area contributed by atoms with Crippen LogP contribution in [0.15, 0.2) is 78.9 Å². The maximum atomic E-state index is 9.94. The van der Waals surface area contributed by atoms with E-state index >= 15 is 0 Å². The Morgan fingerprint density at radius 3 is 1.94 bits per heavy atom. The number of hydrogen-bond acceptors (Lipinski definition) is 5. The molecule has 5 nitrogen and oxygen atoms in total. The second-order valence-electron chi connectivity index (χ2n) is 7.50. The molecule has 4 rings (SSSR count). The van der Waals surface area contributed by atoms with Crippen molar-refractivity contribution < 1.29 is 18.9 Å². The van der Waals surface area contributed by atoms with E-state index in [9.17, 15) is 5.26 Å². The molecule has 0 atom stereocenters. The van der Waals surface area contributed by atoms with Gasteiger partial charge in [0.1, 0.15) is 17.6 Å². The summed E-state index contributed by atoms with van der Waals surface area (Å²) in [7, 11) is 6.41. The van der Waals surface area contributed by atoms with Crippen molar-refractivity contribution in [2.75, 3.05) is 28.4 Å². The Labute approximate surface area is 199 Å². The summed E-state index contributed by atoms with van der Waals surface area (Å²) in [6, 6.07) is 27.8. The Morgan fingerprint density at radius 2 is 1.29 bits per heavy atom. The van der Waals surface area contributed by atoms with Crippen LogP contribution < -0.4 is 18.9 Å². The van der Waals surface area contributed by atoms with Gasteiger partial charge in [-0.25, -0.2) is 0 Å². The van der Waals surface area contributed by atoms with Crippen LogP contribution in [0.3, 0.4) is 0 Å². The standard InChI is InChI=1S/C29H25NO4/c1-31-21-14-15-22(23-12-8-9-13-26(23)32-2)24(17-21)25-16-20(18-30)28(33-3)29(34-4)27(25)19-10-6-5-7-11-19/h5-17H,1-4H3. The molecule has 0 saturated heterocycles. The van der Waals surface area contributed by atoms with E-state index in [1.165, 1.54) is 0 Å². The quantitative estimate of drug-likeness (QED) is 0.317. The molecule has 0 fully saturated rings. The molecule has 0 bridgehead atoms. The average molecular weight is 452 g/mol. The van der Waals surface area contributed by atoms with E-state index in [1.54, 1.807) is 28.4 Å². The third kappa shape index (κ3) is 4.02. The third-order valence-corrected chi connectivity index (χ3v) is 5.74. The minimum atomic E-state index is 0.378. The smallest absolute Gasteiger partial charge is 0.179 e. The molecular weight excluding hydrogens is 426 g/mol. The second-order valence-corrected chi connectivity index (χ2v) is 7.50. The first kappa shape index (κ1) is 22.8. The fourth-order valence-corrected chi connectivity index (χ4v) is 4.20. The van der Waals surface area contributed by atoms with Gasteiger partial charge in [-0.1, -0.05) is 48.5 Å². The zero-order valence-corrected chi connectivity index (χ0v) is 19.6. The Bertz CT molecular complexity index is 1360. The number of nitrogens with zero attached hydrogens (tertiary/aromatic N) is 1. The van der Waals surface area contributed by atoms with Gasteiger partial charge in [-0.3, -0.25) is 0 Å². The highest BCUT2D eigenvalue weighted by Crippen LogP contribution is 2.50. The minimum Gasteiger partial charge on any atom is -0.497 e. The molecule has 4 aromatic carbocycles. The fraction of sp³-hybridized carbons (Fsp3) is 0.138. The van der Waals surface area contributed by atoms with Crippen LogP contribution in [0.1, 0.15) is 5.56 Å². The van der Waals surface area contributed by atoms with Crippen molar-refractivity contribution in [3.63, 3.8) is 0 Å². The summed E-state index contributed by atoms with van der Waals surface area (Å²) in [6.07, 6.45) is 0. The molecule has 0 aliphatic carbocycles. The highest BCUT2D eigenvalue weighted by molar-refractivity contribution is 5.97. The summed E-state index contributed by atoms with van der Waals surface area (Å²) in [4.78, 5) is 0. The van der Waals surface area contributed by atoms with Crippen molar-refractivity contribution in [1.82, 2.24) is 0 Å². The summed E-state index contributed by atoms with van der Waals surface area (Å²) in [5, 5.41) is 9.94. The summed E-state index contributed by atoms with van der Waals surface area (Å²) < 4.78 is 22.7. The molecule has 0 saturated carbocycles. The Hall–Kier alpha value is -4.43. The van der Waals surface area contributed by atoms with Gasteiger partial charge in [-0.15, -0.1) is 0 Å². The molecule has 34 heavy (non-hydrogen) atoms. The Balaban J connectivity index is 2.16. The zero-order valence-electron chi connectivity index (χ0n) is 19.6. The van der Waals surface area contributed by atoms with E-state index in [0.717, 1.165) is 39.1 Å². The molecular formula is C29H25NO4. The maximum absolute atomic E-state index is 9.94. The highest BCUT2D eigenvalue weighted by atomic mass is 16.5. The van der Waals surface area contributed by atoms with E-state index in [0.29, 0.717) is 22.8 Å². The normalized spacial score (nSPS) is 10.3. The molecule has 170 valence electrons. The van der Waals surface area contributed by atoms with E-state index in [-0.39, 0.29) is 0 Å². The van der Waals surface area contributed by atoms with Gasteiger partial charge in [0.15, 0.2) is 11.5 Å². The first-order valence-electron chi connectivity index (χ1n) is 10.7. The van der Waals surface area contributed by atoms with Gasteiger partial charge in [-0.2, -0.15) is 5.26 Å². The summed E-state index contributed by atoms with van der Waals surface area (Å²) >= 11 is 0. The van der Waals surface area contributed by atoms with Gasteiger partial charge in [0.25, 0.3) is 0 Å². The zero-order chi connectivity index (χ0) is 24.1. The van der Waals surface area contributed by atoms with Crippen LogP contribution in [0, 0.1) is 11.3 Å². The number of benzene rings is 4. The van der Waals surface area contributed by atoms with Crippen LogP contribution in [0.25, 0.3) is 33.4 Å². The van der Waals surface area contributed by atoms with Crippen molar-refractivity contribution in [1.29, 1.82) is 5.26 Å². The first-order chi connectivity index (χ1) is 16.7. The average Bonchev–Trinajstić information content (AvgIpc) is 2.91. The molecule has 0 heterocycles. The molecule has 0 radical (unpaired) electrons. The molecule has 0 aromatic heterocycles. The highest BCUT2D eigenvalue weighted by Gasteiger charge is 2.24. The van der Waals surface area contributed by atoms with Crippen LogP contribution in [-0.4, -0.2) is 28.4 Å². The van der Waals surface area contributed by atoms with Gasteiger partial charge in [0.05, 0.1) is 34.0 Å². The monoisotopic (exact) mass is 451 g/mol.